The molecule has 0 saturated carbocycles. The molecule has 6 heteroatoms. The van der Waals surface area contributed by atoms with Crippen LogP contribution < -0.4 is 10.1 Å². The molecule has 0 unspecified atom stereocenters. The Kier molecular flexibility index (Phi) is 5.60. The first-order valence-electron chi connectivity index (χ1n) is 6.87. The molecule has 0 spiro atoms. The number of ether oxygens (including phenoxy) is 2. The number of para-hydroxylation sites is 1. The van der Waals surface area contributed by atoms with Gasteiger partial charge < -0.3 is 14.8 Å². The van der Waals surface area contributed by atoms with E-state index in [4.69, 9.17) is 16.3 Å². The van der Waals surface area contributed by atoms with E-state index in [1.165, 1.54) is 7.11 Å². The van der Waals surface area contributed by atoms with Gasteiger partial charge in [-0.15, -0.1) is 0 Å². The van der Waals surface area contributed by atoms with E-state index in [0.717, 1.165) is 5.56 Å². The Morgan fingerprint density at radius 2 is 1.91 bits per heavy atom. The van der Waals surface area contributed by atoms with Crippen molar-refractivity contribution >= 4 is 29.2 Å². The third kappa shape index (κ3) is 4.47. The smallest absolute Gasteiger partial charge is 0.337 e. The summed E-state index contributed by atoms with van der Waals surface area (Å²) in [4.78, 5) is 23.5. The van der Waals surface area contributed by atoms with Gasteiger partial charge in [-0.05, 0) is 36.8 Å². The molecule has 120 valence electrons. The Balaban J connectivity index is 2.02. The zero-order valence-corrected chi connectivity index (χ0v) is 13.5. The molecule has 0 aliphatic heterocycles. The highest BCUT2D eigenvalue weighted by molar-refractivity contribution is 6.32. The lowest BCUT2D eigenvalue weighted by Crippen LogP contribution is -2.21. The fourth-order valence-electron chi connectivity index (χ4n) is 1.89. The lowest BCUT2D eigenvalue weighted by Gasteiger charge is -2.11. The summed E-state index contributed by atoms with van der Waals surface area (Å²) in [6.07, 6.45) is 0. The van der Waals surface area contributed by atoms with Gasteiger partial charge in [-0.1, -0.05) is 29.8 Å². The van der Waals surface area contributed by atoms with E-state index in [2.05, 4.69) is 10.1 Å². The van der Waals surface area contributed by atoms with Gasteiger partial charge in [-0.2, -0.15) is 0 Å². The van der Waals surface area contributed by atoms with Gasteiger partial charge in [0.1, 0.15) is 5.75 Å². The topological polar surface area (TPSA) is 64.6 Å². The van der Waals surface area contributed by atoms with Gasteiger partial charge in [0.05, 0.1) is 17.7 Å². The number of carbonyl (C=O) groups is 2. The lowest BCUT2D eigenvalue weighted by molar-refractivity contribution is -0.118. The van der Waals surface area contributed by atoms with Crippen molar-refractivity contribution in [3.8, 4) is 5.75 Å². The van der Waals surface area contributed by atoms with E-state index >= 15 is 0 Å². The van der Waals surface area contributed by atoms with E-state index in [-0.39, 0.29) is 12.5 Å². The van der Waals surface area contributed by atoms with Crippen molar-refractivity contribution in [1.82, 2.24) is 0 Å². The quantitative estimate of drug-likeness (QED) is 0.851. The van der Waals surface area contributed by atoms with E-state index in [1.807, 2.05) is 6.92 Å². The zero-order valence-electron chi connectivity index (χ0n) is 12.8. The number of benzene rings is 2. The van der Waals surface area contributed by atoms with Crippen LogP contribution in [-0.2, 0) is 9.53 Å². The van der Waals surface area contributed by atoms with Crippen molar-refractivity contribution in [3.05, 3.63) is 58.6 Å². The molecule has 2 aromatic carbocycles. The van der Waals surface area contributed by atoms with Crippen LogP contribution in [0.15, 0.2) is 42.5 Å². The maximum atomic E-state index is 12.0. The van der Waals surface area contributed by atoms with Crippen LogP contribution in [0.2, 0.25) is 5.02 Å². The van der Waals surface area contributed by atoms with Gasteiger partial charge in [-0.3, -0.25) is 4.79 Å². The summed E-state index contributed by atoms with van der Waals surface area (Å²) in [5.41, 5.74) is 1.71. The summed E-state index contributed by atoms with van der Waals surface area (Å²) in [6.45, 7) is 1.64. The van der Waals surface area contributed by atoms with Crippen LogP contribution >= 0.6 is 11.6 Å². The molecule has 2 rings (SSSR count). The molecule has 1 amide bonds. The van der Waals surface area contributed by atoms with Crippen molar-refractivity contribution in [2.75, 3.05) is 19.0 Å². The molecule has 1 N–H and O–H groups in total. The second-order valence-electron chi connectivity index (χ2n) is 4.79. The predicted octanol–water partition coefficient (Wildman–Crippen LogP) is 3.45. The minimum absolute atomic E-state index is 0.189. The standard InChI is InChI=1S/C17H16ClNO4/c1-11-7-8-12(17(21)22-2)9-14(11)19-16(20)10-23-15-6-4-3-5-13(15)18/h3-9H,10H2,1-2H3,(H,19,20). The number of methoxy groups -OCH3 is 1. The number of amides is 1. The molecule has 23 heavy (non-hydrogen) atoms. The van der Waals surface area contributed by atoms with Crippen molar-refractivity contribution < 1.29 is 19.1 Å². The number of esters is 1. The molecule has 0 aliphatic carbocycles. The van der Waals surface area contributed by atoms with Crippen LogP contribution in [0.4, 0.5) is 5.69 Å². The van der Waals surface area contributed by atoms with Crippen LogP contribution in [0.5, 0.6) is 5.75 Å². The molecule has 0 radical (unpaired) electrons. The number of hydrogen-bond acceptors (Lipinski definition) is 4. The average Bonchev–Trinajstić information content (AvgIpc) is 2.55. The fraction of sp³-hybridized carbons (Fsp3) is 0.176. The van der Waals surface area contributed by atoms with E-state index < -0.39 is 5.97 Å². The van der Waals surface area contributed by atoms with E-state index in [9.17, 15) is 9.59 Å². The van der Waals surface area contributed by atoms with Crippen LogP contribution in [0.25, 0.3) is 0 Å². The lowest BCUT2D eigenvalue weighted by atomic mass is 10.1. The van der Waals surface area contributed by atoms with E-state index in [0.29, 0.717) is 22.0 Å². The number of anilines is 1. The molecule has 0 aromatic heterocycles. The molecular formula is C17H16ClNO4. The highest BCUT2D eigenvalue weighted by Crippen LogP contribution is 2.23. The highest BCUT2D eigenvalue weighted by atomic mass is 35.5. The van der Waals surface area contributed by atoms with Gasteiger partial charge in [0.25, 0.3) is 5.91 Å². The molecular weight excluding hydrogens is 318 g/mol. The maximum Gasteiger partial charge on any atom is 0.337 e. The number of nitrogens with one attached hydrogen (secondary N) is 1. The van der Waals surface area contributed by atoms with Gasteiger partial charge in [-0.25, -0.2) is 4.79 Å². The monoisotopic (exact) mass is 333 g/mol. The Morgan fingerprint density at radius 3 is 2.61 bits per heavy atom. The highest BCUT2D eigenvalue weighted by Gasteiger charge is 2.11. The molecule has 0 heterocycles. The van der Waals surface area contributed by atoms with Crippen LogP contribution in [-0.4, -0.2) is 25.6 Å². The summed E-state index contributed by atoms with van der Waals surface area (Å²) >= 11 is 5.96. The third-order valence-electron chi connectivity index (χ3n) is 3.13. The average molecular weight is 334 g/mol. The molecule has 0 bridgehead atoms. The van der Waals surface area contributed by atoms with Crippen LogP contribution in [0, 0.1) is 6.92 Å². The minimum Gasteiger partial charge on any atom is -0.482 e. The van der Waals surface area contributed by atoms with Crippen molar-refractivity contribution in [2.24, 2.45) is 0 Å². The van der Waals surface area contributed by atoms with Crippen LogP contribution in [0.3, 0.4) is 0 Å². The fourth-order valence-corrected chi connectivity index (χ4v) is 2.08. The first-order chi connectivity index (χ1) is 11.0. The second kappa shape index (κ2) is 7.65. The largest absolute Gasteiger partial charge is 0.482 e. The van der Waals surface area contributed by atoms with Gasteiger partial charge in [0.15, 0.2) is 6.61 Å². The summed E-state index contributed by atoms with van der Waals surface area (Å²) in [7, 11) is 1.30. The number of hydrogen-bond donors (Lipinski definition) is 1. The predicted molar refractivity (Wildman–Crippen MR) is 88.1 cm³/mol. The molecule has 0 saturated heterocycles. The molecule has 0 fully saturated rings. The van der Waals surface area contributed by atoms with Crippen molar-refractivity contribution in [1.29, 1.82) is 0 Å². The Labute approximate surface area is 139 Å². The minimum atomic E-state index is -0.465. The summed E-state index contributed by atoms with van der Waals surface area (Å²) in [5.74, 6) is -0.382. The first-order valence-corrected chi connectivity index (χ1v) is 7.25. The molecule has 2 aromatic rings. The van der Waals surface area contributed by atoms with Crippen molar-refractivity contribution in [3.63, 3.8) is 0 Å². The third-order valence-corrected chi connectivity index (χ3v) is 3.44. The van der Waals surface area contributed by atoms with Crippen molar-refractivity contribution in [2.45, 2.75) is 6.92 Å². The normalized spacial score (nSPS) is 10.0. The summed E-state index contributed by atoms with van der Waals surface area (Å²) in [5, 5.41) is 3.14. The summed E-state index contributed by atoms with van der Waals surface area (Å²) in [6, 6.07) is 11.8. The van der Waals surface area contributed by atoms with Gasteiger partial charge in [0, 0.05) is 5.69 Å². The number of aryl methyl sites for hydroxylation is 1. The molecule has 0 aliphatic rings. The number of carbonyl (C=O) groups excluding carboxylic acids is 2. The Bertz CT molecular complexity index is 730. The Hall–Kier alpha value is -2.53. The zero-order chi connectivity index (χ0) is 16.8. The second-order valence-corrected chi connectivity index (χ2v) is 5.20. The SMILES string of the molecule is COC(=O)c1ccc(C)c(NC(=O)COc2ccccc2Cl)c1. The van der Waals surface area contributed by atoms with Gasteiger partial charge in [0.2, 0.25) is 0 Å². The van der Waals surface area contributed by atoms with Crippen LogP contribution in [0.1, 0.15) is 15.9 Å². The molecule has 5 nitrogen and oxygen atoms in total. The van der Waals surface area contributed by atoms with E-state index in [1.54, 1.807) is 42.5 Å². The van der Waals surface area contributed by atoms with Gasteiger partial charge >= 0.3 is 5.97 Å². The Morgan fingerprint density at radius 1 is 1.17 bits per heavy atom. The first kappa shape index (κ1) is 16.8. The number of rotatable bonds is 5. The maximum absolute atomic E-state index is 12.0. The molecule has 0 atom stereocenters. The number of halogens is 1. The summed E-state index contributed by atoms with van der Waals surface area (Å²) < 4.78 is 10.0.